The van der Waals surface area contributed by atoms with Crippen molar-refractivity contribution in [3.05, 3.63) is 64.7 Å². The molecule has 2 aromatic rings. The van der Waals surface area contributed by atoms with Crippen molar-refractivity contribution in [3.8, 4) is 5.75 Å². The van der Waals surface area contributed by atoms with Crippen LogP contribution in [0.4, 0.5) is 0 Å². The van der Waals surface area contributed by atoms with Gasteiger partial charge in [0.2, 0.25) is 5.91 Å². The van der Waals surface area contributed by atoms with Gasteiger partial charge >= 0.3 is 0 Å². The van der Waals surface area contributed by atoms with Gasteiger partial charge in [0.05, 0.1) is 6.42 Å². The Hall–Kier alpha value is -2.53. The monoisotopic (exact) mass is 346 g/mol. The van der Waals surface area contributed by atoms with E-state index >= 15 is 0 Å². The third-order valence-electron chi connectivity index (χ3n) is 3.34. The summed E-state index contributed by atoms with van der Waals surface area (Å²) in [5.41, 5.74) is 6.44. The third-order valence-corrected chi connectivity index (χ3v) is 3.58. The number of ether oxygens (including phenoxy) is 1. The number of aryl methyl sites for hydroxylation is 1. The van der Waals surface area contributed by atoms with E-state index in [1.807, 2.05) is 37.3 Å². The standard InChI is InChI=1S/C18H19ClN2O3/c1-12-10-15(19)8-9-16(12)24-13(2)18(23)21-20-17(22)11-14-6-4-3-5-7-14/h3-10,13H,11H2,1-2H3,(H,20,22)(H,21,23)/t13-/m0/s1. The summed E-state index contributed by atoms with van der Waals surface area (Å²) in [6.07, 6.45) is -0.575. The van der Waals surface area contributed by atoms with Crippen molar-refractivity contribution >= 4 is 23.4 Å². The van der Waals surface area contributed by atoms with E-state index in [2.05, 4.69) is 10.9 Å². The molecule has 0 radical (unpaired) electrons. The summed E-state index contributed by atoms with van der Waals surface area (Å²) >= 11 is 5.88. The zero-order chi connectivity index (χ0) is 17.5. The number of hydrazine groups is 1. The summed E-state index contributed by atoms with van der Waals surface area (Å²) < 4.78 is 5.59. The molecule has 2 aromatic carbocycles. The smallest absolute Gasteiger partial charge is 0.279 e. The number of hydrogen-bond acceptors (Lipinski definition) is 3. The molecule has 126 valence electrons. The van der Waals surface area contributed by atoms with Crippen molar-refractivity contribution < 1.29 is 14.3 Å². The summed E-state index contributed by atoms with van der Waals surface area (Å²) in [5, 5.41) is 0.602. The maximum Gasteiger partial charge on any atom is 0.279 e. The van der Waals surface area contributed by atoms with Gasteiger partial charge in [0, 0.05) is 5.02 Å². The van der Waals surface area contributed by atoms with E-state index in [9.17, 15) is 9.59 Å². The molecular weight excluding hydrogens is 328 g/mol. The average Bonchev–Trinajstić information content (AvgIpc) is 2.56. The molecule has 0 fully saturated rings. The minimum Gasteiger partial charge on any atom is -0.481 e. The van der Waals surface area contributed by atoms with Gasteiger partial charge < -0.3 is 4.74 Å². The first-order chi connectivity index (χ1) is 11.5. The Morgan fingerprint density at radius 3 is 2.50 bits per heavy atom. The van der Waals surface area contributed by atoms with E-state index in [1.54, 1.807) is 25.1 Å². The first-order valence-electron chi connectivity index (χ1n) is 7.51. The highest BCUT2D eigenvalue weighted by Crippen LogP contribution is 2.22. The van der Waals surface area contributed by atoms with Gasteiger partial charge in [0.1, 0.15) is 5.75 Å². The molecule has 0 unspecified atom stereocenters. The van der Waals surface area contributed by atoms with Gasteiger partial charge in [0.15, 0.2) is 6.10 Å². The van der Waals surface area contributed by atoms with Gasteiger partial charge in [-0.05, 0) is 43.2 Å². The first-order valence-corrected chi connectivity index (χ1v) is 7.89. The number of amides is 2. The predicted octanol–water partition coefficient (Wildman–Crippen LogP) is 2.81. The Balaban J connectivity index is 1.82. The minimum atomic E-state index is -0.762. The molecule has 2 rings (SSSR count). The third kappa shape index (κ3) is 5.28. The lowest BCUT2D eigenvalue weighted by atomic mass is 10.1. The molecule has 0 aliphatic carbocycles. The highest BCUT2D eigenvalue weighted by Gasteiger charge is 2.16. The second-order valence-corrected chi connectivity index (χ2v) is 5.81. The lowest BCUT2D eigenvalue weighted by Gasteiger charge is -2.16. The fourth-order valence-corrected chi connectivity index (χ4v) is 2.27. The molecule has 1 atom stereocenters. The van der Waals surface area contributed by atoms with Crippen molar-refractivity contribution in [1.82, 2.24) is 10.9 Å². The van der Waals surface area contributed by atoms with Crippen LogP contribution in [0, 0.1) is 6.92 Å². The summed E-state index contributed by atoms with van der Waals surface area (Å²) in [6, 6.07) is 14.4. The van der Waals surface area contributed by atoms with Crippen molar-refractivity contribution in [1.29, 1.82) is 0 Å². The maximum absolute atomic E-state index is 12.0. The zero-order valence-electron chi connectivity index (χ0n) is 13.5. The average molecular weight is 347 g/mol. The SMILES string of the molecule is Cc1cc(Cl)ccc1O[C@@H](C)C(=O)NNC(=O)Cc1ccccc1. The van der Waals surface area contributed by atoms with Crippen molar-refractivity contribution in [2.75, 3.05) is 0 Å². The fourth-order valence-electron chi connectivity index (χ4n) is 2.05. The molecule has 6 heteroatoms. The van der Waals surface area contributed by atoms with Gasteiger partial charge in [-0.1, -0.05) is 41.9 Å². The Labute approximate surface area is 145 Å². The van der Waals surface area contributed by atoms with Crippen LogP contribution >= 0.6 is 11.6 Å². The Kier molecular flexibility index (Phi) is 6.21. The van der Waals surface area contributed by atoms with Gasteiger partial charge in [-0.25, -0.2) is 0 Å². The summed E-state index contributed by atoms with van der Waals surface area (Å²) in [4.78, 5) is 23.8. The van der Waals surface area contributed by atoms with E-state index in [0.717, 1.165) is 11.1 Å². The van der Waals surface area contributed by atoms with E-state index < -0.39 is 12.0 Å². The minimum absolute atomic E-state index is 0.187. The molecule has 0 aromatic heterocycles. The quantitative estimate of drug-likeness (QED) is 0.818. The fraction of sp³-hybridized carbons (Fsp3) is 0.222. The molecule has 0 bridgehead atoms. The number of rotatable bonds is 5. The highest BCUT2D eigenvalue weighted by atomic mass is 35.5. The van der Waals surface area contributed by atoms with Gasteiger partial charge in [-0.2, -0.15) is 0 Å². The topological polar surface area (TPSA) is 67.4 Å². The second-order valence-electron chi connectivity index (χ2n) is 5.37. The van der Waals surface area contributed by atoms with Crippen LogP contribution in [-0.2, 0) is 16.0 Å². The van der Waals surface area contributed by atoms with Gasteiger partial charge in [0.25, 0.3) is 5.91 Å². The lowest BCUT2D eigenvalue weighted by molar-refractivity contribution is -0.132. The zero-order valence-corrected chi connectivity index (χ0v) is 14.3. The van der Waals surface area contributed by atoms with Crippen LogP contribution < -0.4 is 15.6 Å². The maximum atomic E-state index is 12.0. The number of nitrogens with one attached hydrogen (secondary N) is 2. The molecular formula is C18H19ClN2O3. The van der Waals surface area contributed by atoms with E-state index in [-0.39, 0.29) is 12.3 Å². The van der Waals surface area contributed by atoms with E-state index in [4.69, 9.17) is 16.3 Å². The summed E-state index contributed by atoms with van der Waals surface area (Å²) in [7, 11) is 0. The van der Waals surface area contributed by atoms with Crippen LogP contribution in [0.25, 0.3) is 0 Å². The van der Waals surface area contributed by atoms with Crippen LogP contribution in [0.15, 0.2) is 48.5 Å². The molecule has 2 N–H and O–H groups in total. The van der Waals surface area contributed by atoms with Crippen molar-refractivity contribution in [2.45, 2.75) is 26.4 Å². The largest absolute Gasteiger partial charge is 0.481 e. The molecule has 24 heavy (non-hydrogen) atoms. The molecule has 5 nitrogen and oxygen atoms in total. The van der Waals surface area contributed by atoms with Crippen molar-refractivity contribution in [2.24, 2.45) is 0 Å². The molecule has 0 saturated heterocycles. The molecule has 0 aliphatic heterocycles. The molecule has 0 heterocycles. The van der Waals surface area contributed by atoms with E-state index in [1.165, 1.54) is 0 Å². The molecule has 2 amide bonds. The predicted molar refractivity (Wildman–Crippen MR) is 92.7 cm³/mol. The number of benzene rings is 2. The van der Waals surface area contributed by atoms with Crippen LogP contribution in [0.3, 0.4) is 0 Å². The Morgan fingerprint density at radius 2 is 1.83 bits per heavy atom. The Morgan fingerprint density at radius 1 is 1.12 bits per heavy atom. The van der Waals surface area contributed by atoms with Crippen LogP contribution in [0.1, 0.15) is 18.1 Å². The normalized spacial score (nSPS) is 11.5. The number of hydrogen-bond donors (Lipinski definition) is 2. The van der Waals surface area contributed by atoms with Gasteiger partial charge in [-0.3, -0.25) is 20.4 Å². The second kappa shape index (κ2) is 8.36. The van der Waals surface area contributed by atoms with Crippen LogP contribution in [0.2, 0.25) is 5.02 Å². The van der Waals surface area contributed by atoms with Gasteiger partial charge in [-0.15, -0.1) is 0 Å². The summed E-state index contributed by atoms with van der Waals surface area (Å²) in [6.45, 7) is 3.44. The Bertz CT molecular complexity index is 719. The molecule has 0 spiro atoms. The van der Waals surface area contributed by atoms with Crippen LogP contribution in [0.5, 0.6) is 5.75 Å². The lowest BCUT2D eigenvalue weighted by Crippen LogP contribution is -2.47. The first kappa shape index (κ1) is 17.8. The molecule has 0 aliphatic rings. The summed E-state index contributed by atoms with van der Waals surface area (Å²) in [5.74, 6) is -0.173. The van der Waals surface area contributed by atoms with Crippen LogP contribution in [-0.4, -0.2) is 17.9 Å². The van der Waals surface area contributed by atoms with E-state index in [0.29, 0.717) is 10.8 Å². The number of halogens is 1. The highest BCUT2D eigenvalue weighted by molar-refractivity contribution is 6.30. The number of carbonyl (C=O) groups excluding carboxylic acids is 2. The van der Waals surface area contributed by atoms with Crippen molar-refractivity contribution in [3.63, 3.8) is 0 Å². The molecule has 0 saturated carbocycles. The number of carbonyl (C=O) groups is 2.